The van der Waals surface area contributed by atoms with E-state index in [0.717, 1.165) is 13.0 Å². The highest BCUT2D eigenvalue weighted by Crippen LogP contribution is 2.12. The fourth-order valence-corrected chi connectivity index (χ4v) is 2.23. The van der Waals surface area contributed by atoms with E-state index in [9.17, 15) is 9.59 Å². The summed E-state index contributed by atoms with van der Waals surface area (Å²) in [6.45, 7) is 2.01. The smallest absolute Gasteiger partial charge is 0.248 e. The summed E-state index contributed by atoms with van der Waals surface area (Å²) in [6.07, 6.45) is 2.60. The van der Waals surface area contributed by atoms with Crippen molar-refractivity contribution in [2.45, 2.75) is 25.3 Å². The summed E-state index contributed by atoms with van der Waals surface area (Å²) in [5.74, 6) is 0.129. The quantitative estimate of drug-likeness (QED) is 0.692. The van der Waals surface area contributed by atoms with Crippen LogP contribution in [0.2, 0.25) is 0 Å². The summed E-state index contributed by atoms with van der Waals surface area (Å²) in [5.41, 5.74) is 5.59. The van der Waals surface area contributed by atoms with Crippen LogP contribution in [0, 0.1) is 0 Å². The predicted molar refractivity (Wildman–Crippen MR) is 86.4 cm³/mol. The van der Waals surface area contributed by atoms with Crippen LogP contribution < -0.4 is 21.1 Å². The molecule has 0 aromatic heterocycles. The van der Waals surface area contributed by atoms with Gasteiger partial charge in [0.15, 0.2) is 0 Å². The fourth-order valence-electron chi connectivity index (χ4n) is 2.23. The molecule has 122 valence electrons. The second kappa shape index (κ2) is 9.27. The standard InChI is InChI=1S/C15H21N3O3.ClH/c16-15(20)11-3-5-13(6-4-11)21-9-7-14(19)18-10-12-2-1-8-17-12;/h3-6,12,17H,1-2,7-10H2,(H2,16,20)(H,18,19);1H. The van der Waals surface area contributed by atoms with E-state index in [0.29, 0.717) is 36.9 Å². The first-order chi connectivity index (χ1) is 10.1. The van der Waals surface area contributed by atoms with E-state index in [2.05, 4.69) is 10.6 Å². The molecule has 1 aromatic rings. The average Bonchev–Trinajstić information content (AvgIpc) is 2.99. The first kappa shape index (κ1) is 18.3. The minimum Gasteiger partial charge on any atom is -0.493 e. The van der Waals surface area contributed by atoms with Crippen LogP contribution >= 0.6 is 12.4 Å². The number of carbonyl (C=O) groups excluding carboxylic acids is 2. The third-order valence-corrected chi connectivity index (χ3v) is 3.44. The first-order valence-corrected chi connectivity index (χ1v) is 7.18. The van der Waals surface area contributed by atoms with Crippen LogP contribution in [0.15, 0.2) is 24.3 Å². The lowest BCUT2D eigenvalue weighted by Crippen LogP contribution is -2.37. The number of carbonyl (C=O) groups is 2. The second-order valence-corrected chi connectivity index (χ2v) is 5.08. The van der Waals surface area contributed by atoms with Crippen molar-refractivity contribution in [1.29, 1.82) is 0 Å². The number of nitrogens with two attached hydrogens (primary N) is 1. The van der Waals surface area contributed by atoms with Crippen molar-refractivity contribution in [3.05, 3.63) is 29.8 Å². The summed E-state index contributed by atoms with van der Waals surface area (Å²) in [7, 11) is 0. The zero-order chi connectivity index (χ0) is 15.1. The molecule has 1 unspecified atom stereocenters. The molecule has 1 heterocycles. The van der Waals surface area contributed by atoms with Gasteiger partial charge < -0.3 is 21.1 Å². The summed E-state index contributed by atoms with van der Waals surface area (Å²) >= 11 is 0. The molecule has 6 nitrogen and oxygen atoms in total. The average molecular weight is 328 g/mol. The number of rotatable bonds is 7. The SMILES string of the molecule is Cl.NC(=O)c1ccc(OCCC(=O)NCC2CCCN2)cc1. The topological polar surface area (TPSA) is 93.5 Å². The molecule has 0 bridgehead atoms. The molecule has 2 amide bonds. The second-order valence-electron chi connectivity index (χ2n) is 5.08. The maximum Gasteiger partial charge on any atom is 0.248 e. The first-order valence-electron chi connectivity index (χ1n) is 7.18. The number of ether oxygens (including phenoxy) is 1. The van der Waals surface area contributed by atoms with Crippen molar-refractivity contribution < 1.29 is 14.3 Å². The summed E-state index contributed by atoms with van der Waals surface area (Å²) in [4.78, 5) is 22.6. The van der Waals surface area contributed by atoms with E-state index in [1.54, 1.807) is 24.3 Å². The third kappa shape index (κ3) is 5.91. The minimum atomic E-state index is -0.471. The molecule has 1 atom stereocenters. The Balaban J connectivity index is 0.00000242. The Hall–Kier alpha value is -1.79. The molecule has 22 heavy (non-hydrogen) atoms. The summed E-state index contributed by atoms with van der Waals surface area (Å²) in [5, 5.41) is 6.22. The largest absolute Gasteiger partial charge is 0.493 e. The molecular weight excluding hydrogens is 306 g/mol. The van der Waals surface area contributed by atoms with E-state index in [4.69, 9.17) is 10.5 Å². The molecule has 1 saturated heterocycles. The van der Waals surface area contributed by atoms with Crippen LogP contribution in [0.25, 0.3) is 0 Å². The van der Waals surface area contributed by atoms with Crippen molar-refractivity contribution in [2.24, 2.45) is 5.73 Å². The van der Waals surface area contributed by atoms with Gasteiger partial charge in [0, 0.05) is 18.2 Å². The van der Waals surface area contributed by atoms with Crippen LogP contribution in [0.5, 0.6) is 5.75 Å². The summed E-state index contributed by atoms with van der Waals surface area (Å²) in [6, 6.07) is 6.93. The molecule has 2 rings (SSSR count). The molecule has 1 aliphatic heterocycles. The van der Waals surface area contributed by atoms with Crippen LogP contribution in [0.1, 0.15) is 29.6 Å². The van der Waals surface area contributed by atoms with Gasteiger partial charge in [0.1, 0.15) is 5.75 Å². The molecule has 4 N–H and O–H groups in total. The number of hydrogen-bond acceptors (Lipinski definition) is 4. The highest BCUT2D eigenvalue weighted by Gasteiger charge is 2.14. The maximum absolute atomic E-state index is 11.7. The van der Waals surface area contributed by atoms with Crippen molar-refractivity contribution in [3.63, 3.8) is 0 Å². The number of amides is 2. The Bertz CT molecular complexity index is 487. The number of hydrogen-bond donors (Lipinski definition) is 3. The lowest BCUT2D eigenvalue weighted by atomic mass is 10.2. The molecule has 0 aliphatic carbocycles. The fraction of sp³-hybridized carbons (Fsp3) is 0.467. The van der Waals surface area contributed by atoms with E-state index >= 15 is 0 Å². The van der Waals surface area contributed by atoms with E-state index in [1.807, 2.05) is 0 Å². The summed E-state index contributed by atoms with van der Waals surface area (Å²) < 4.78 is 5.45. The molecule has 7 heteroatoms. The highest BCUT2D eigenvalue weighted by atomic mass is 35.5. The molecular formula is C15H22ClN3O3. The molecule has 0 saturated carbocycles. The van der Waals surface area contributed by atoms with Gasteiger partial charge in [-0.3, -0.25) is 9.59 Å². The van der Waals surface area contributed by atoms with Gasteiger partial charge in [-0.15, -0.1) is 12.4 Å². The Morgan fingerprint density at radius 3 is 2.64 bits per heavy atom. The zero-order valence-corrected chi connectivity index (χ0v) is 13.2. The van der Waals surface area contributed by atoms with Crippen molar-refractivity contribution >= 4 is 24.2 Å². The van der Waals surface area contributed by atoms with Gasteiger partial charge in [0.2, 0.25) is 11.8 Å². The molecule has 1 aliphatic rings. The Morgan fingerprint density at radius 2 is 2.05 bits per heavy atom. The van der Waals surface area contributed by atoms with Gasteiger partial charge in [-0.25, -0.2) is 0 Å². The van der Waals surface area contributed by atoms with Gasteiger partial charge in [-0.1, -0.05) is 0 Å². The van der Waals surface area contributed by atoms with E-state index < -0.39 is 5.91 Å². The molecule has 0 radical (unpaired) electrons. The molecule has 1 fully saturated rings. The number of nitrogens with one attached hydrogen (secondary N) is 2. The Labute approximate surface area is 136 Å². The minimum absolute atomic E-state index is 0. The van der Waals surface area contributed by atoms with Gasteiger partial charge in [0.05, 0.1) is 13.0 Å². The predicted octanol–water partition coefficient (Wildman–Crippen LogP) is 0.844. The van der Waals surface area contributed by atoms with E-state index in [-0.39, 0.29) is 18.3 Å². The Kier molecular flexibility index (Phi) is 7.70. The lowest BCUT2D eigenvalue weighted by molar-refractivity contribution is -0.121. The van der Waals surface area contributed by atoms with Crippen LogP contribution in [-0.4, -0.2) is 37.6 Å². The van der Waals surface area contributed by atoms with Gasteiger partial charge >= 0.3 is 0 Å². The number of benzene rings is 1. The van der Waals surface area contributed by atoms with Gasteiger partial charge in [0.25, 0.3) is 0 Å². The van der Waals surface area contributed by atoms with Crippen LogP contribution in [0.4, 0.5) is 0 Å². The van der Waals surface area contributed by atoms with Crippen LogP contribution in [-0.2, 0) is 4.79 Å². The molecule has 0 spiro atoms. The number of primary amides is 1. The highest BCUT2D eigenvalue weighted by molar-refractivity contribution is 5.92. The van der Waals surface area contributed by atoms with Gasteiger partial charge in [-0.05, 0) is 43.7 Å². The lowest BCUT2D eigenvalue weighted by Gasteiger charge is -2.11. The maximum atomic E-state index is 11.7. The van der Waals surface area contributed by atoms with Gasteiger partial charge in [-0.2, -0.15) is 0 Å². The van der Waals surface area contributed by atoms with Crippen molar-refractivity contribution in [1.82, 2.24) is 10.6 Å². The number of halogens is 1. The van der Waals surface area contributed by atoms with Crippen molar-refractivity contribution in [2.75, 3.05) is 19.7 Å². The molecule has 1 aromatic carbocycles. The van der Waals surface area contributed by atoms with Crippen molar-refractivity contribution in [3.8, 4) is 5.75 Å². The van der Waals surface area contributed by atoms with Crippen LogP contribution in [0.3, 0.4) is 0 Å². The monoisotopic (exact) mass is 327 g/mol. The van der Waals surface area contributed by atoms with E-state index in [1.165, 1.54) is 6.42 Å². The Morgan fingerprint density at radius 1 is 1.32 bits per heavy atom. The normalized spacial score (nSPS) is 16.6. The zero-order valence-electron chi connectivity index (χ0n) is 12.3. The third-order valence-electron chi connectivity index (χ3n) is 3.44.